The summed E-state index contributed by atoms with van der Waals surface area (Å²) >= 11 is 0. The fraction of sp³-hybridized carbons (Fsp3) is 0.176. The Labute approximate surface area is 128 Å². The highest BCUT2D eigenvalue weighted by Gasteiger charge is 2.09. The van der Waals surface area contributed by atoms with Gasteiger partial charge in [-0.1, -0.05) is 12.1 Å². The van der Waals surface area contributed by atoms with Gasteiger partial charge in [-0.25, -0.2) is 4.98 Å². The number of benzene rings is 2. The largest absolute Gasteiger partial charge is 0.497 e. The first kappa shape index (κ1) is 14.0. The van der Waals surface area contributed by atoms with Gasteiger partial charge in [-0.05, 0) is 42.8 Å². The fourth-order valence-electron chi connectivity index (χ4n) is 2.33. The van der Waals surface area contributed by atoms with Gasteiger partial charge >= 0.3 is 0 Å². The Morgan fingerprint density at radius 1 is 1.23 bits per heavy atom. The second kappa shape index (κ2) is 5.78. The molecule has 2 N–H and O–H groups in total. The van der Waals surface area contributed by atoms with Gasteiger partial charge in [0.2, 0.25) is 5.95 Å². The first-order chi connectivity index (χ1) is 10.7. The summed E-state index contributed by atoms with van der Waals surface area (Å²) in [6.45, 7) is 2.07. The van der Waals surface area contributed by atoms with Gasteiger partial charge in [-0.15, -0.1) is 0 Å². The van der Waals surface area contributed by atoms with E-state index in [1.807, 2.05) is 30.3 Å². The lowest BCUT2D eigenvalue weighted by Gasteiger charge is -2.13. The maximum Gasteiger partial charge on any atom is 0.201 e. The number of fused-ring (bicyclic) bond motifs is 1. The van der Waals surface area contributed by atoms with Crippen LogP contribution in [0.3, 0.4) is 0 Å². The van der Waals surface area contributed by atoms with E-state index in [1.165, 1.54) is 0 Å². The minimum absolute atomic E-state index is 0.0990. The summed E-state index contributed by atoms with van der Waals surface area (Å²) in [7, 11) is 1.65. The molecule has 0 aliphatic rings. The molecule has 1 atom stereocenters. The number of imidazole rings is 1. The number of nitriles is 1. The molecule has 0 saturated carbocycles. The van der Waals surface area contributed by atoms with Crippen molar-refractivity contribution in [1.82, 2.24) is 9.97 Å². The molecule has 0 aliphatic carbocycles. The van der Waals surface area contributed by atoms with E-state index in [0.29, 0.717) is 11.5 Å². The number of anilines is 1. The number of methoxy groups -OCH3 is 1. The van der Waals surface area contributed by atoms with Crippen LogP contribution in [-0.4, -0.2) is 17.1 Å². The predicted molar refractivity (Wildman–Crippen MR) is 85.8 cm³/mol. The molecule has 2 aromatic carbocycles. The van der Waals surface area contributed by atoms with Gasteiger partial charge in [0.1, 0.15) is 5.75 Å². The molecule has 5 nitrogen and oxygen atoms in total. The van der Waals surface area contributed by atoms with Crippen molar-refractivity contribution in [2.24, 2.45) is 0 Å². The lowest BCUT2D eigenvalue weighted by atomic mass is 10.1. The Bertz CT molecular complexity index is 830. The molecule has 22 heavy (non-hydrogen) atoms. The highest BCUT2D eigenvalue weighted by molar-refractivity contribution is 5.79. The molecule has 1 aromatic heterocycles. The lowest BCUT2D eigenvalue weighted by molar-refractivity contribution is 0.414. The average Bonchev–Trinajstić information content (AvgIpc) is 2.95. The SMILES string of the molecule is COc1ccc(C(C)Nc2nc3ccc(C#N)cc3[nH]2)cc1. The van der Waals surface area contributed by atoms with Crippen LogP contribution in [0.5, 0.6) is 5.75 Å². The van der Waals surface area contributed by atoms with Crippen LogP contribution in [0.4, 0.5) is 5.95 Å². The molecule has 5 heteroatoms. The van der Waals surface area contributed by atoms with E-state index in [9.17, 15) is 0 Å². The van der Waals surface area contributed by atoms with Crippen molar-refractivity contribution in [2.45, 2.75) is 13.0 Å². The molecule has 1 heterocycles. The van der Waals surface area contributed by atoms with Gasteiger partial charge in [-0.2, -0.15) is 5.26 Å². The summed E-state index contributed by atoms with van der Waals surface area (Å²) in [5.74, 6) is 1.53. The highest BCUT2D eigenvalue weighted by Crippen LogP contribution is 2.22. The van der Waals surface area contributed by atoms with Gasteiger partial charge < -0.3 is 15.0 Å². The van der Waals surface area contributed by atoms with E-state index >= 15 is 0 Å². The zero-order valence-electron chi connectivity index (χ0n) is 12.4. The third-order valence-corrected chi connectivity index (χ3v) is 3.58. The number of H-pyrrole nitrogens is 1. The Kier molecular flexibility index (Phi) is 3.67. The zero-order valence-corrected chi connectivity index (χ0v) is 12.4. The Hall–Kier alpha value is -3.00. The van der Waals surface area contributed by atoms with Crippen LogP contribution in [0.1, 0.15) is 24.1 Å². The summed E-state index contributed by atoms with van der Waals surface area (Å²) in [5, 5.41) is 12.3. The smallest absolute Gasteiger partial charge is 0.201 e. The molecule has 0 saturated heterocycles. The monoisotopic (exact) mass is 292 g/mol. The van der Waals surface area contributed by atoms with Crippen molar-refractivity contribution < 1.29 is 4.74 Å². The summed E-state index contributed by atoms with van der Waals surface area (Å²) in [5.41, 5.74) is 3.44. The van der Waals surface area contributed by atoms with Crippen LogP contribution in [0.15, 0.2) is 42.5 Å². The molecule has 0 aliphatic heterocycles. The quantitative estimate of drug-likeness (QED) is 0.770. The zero-order chi connectivity index (χ0) is 15.5. The van der Waals surface area contributed by atoms with Gasteiger partial charge in [0.15, 0.2) is 0 Å². The van der Waals surface area contributed by atoms with Gasteiger partial charge in [-0.3, -0.25) is 0 Å². The fourth-order valence-corrected chi connectivity index (χ4v) is 2.33. The van der Waals surface area contributed by atoms with E-state index in [1.54, 1.807) is 19.2 Å². The van der Waals surface area contributed by atoms with Crippen molar-refractivity contribution in [1.29, 1.82) is 5.26 Å². The second-order valence-electron chi connectivity index (χ2n) is 5.07. The van der Waals surface area contributed by atoms with Crippen LogP contribution in [0, 0.1) is 11.3 Å². The van der Waals surface area contributed by atoms with Gasteiger partial charge in [0.05, 0.1) is 35.8 Å². The van der Waals surface area contributed by atoms with Crippen LogP contribution >= 0.6 is 0 Å². The minimum atomic E-state index is 0.0990. The molecule has 110 valence electrons. The molecule has 0 fully saturated rings. The molecule has 1 unspecified atom stereocenters. The maximum atomic E-state index is 8.93. The van der Waals surface area contributed by atoms with Crippen molar-refractivity contribution in [3.05, 3.63) is 53.6 Å². The molecule has 0 amide bonds. The normalized spacial score (nSPS) is 11.9. The number of aromatic nitrogens is 2. The number of rotatable bonds is 4. The first-order valence-corrected chi connectivity index (χ1v) is 7.00. The third-order valence-electron chi connectivity index (χ3n) is 3.58. The van der Waals surface area contributed by atoms with E-state index in [4.69, 9.17) is 10.00 Å². The molecule has 3 aromatic rings. The number of hydrogen-bond donors (Lipinski definition) is 2. The second-order valence-corrected chi connectivity index (χ2v) is 5.07. The van der Waals surface area contributed by atoms with E-state index < -0.39 is 0 Å². The van der Waals surface area contributed by atoms with Crippen LogP contribution < -0.4 is 10.1 Å². The maximum absolute atomic E-state index is 8.93. The third kappa shape index (κ3) is 2.72. The van der Waals surface area contributed by atoms with Crippen molar-refractivity contribution in [3.8, 4) is 11.8 Å². The lowest BCUT2D eigenvalue weighted by Crippen LogP contribution is -2.07. The Morgan fingerprint density at radius 3 is 2.68 bits per heavy atom. The van der Waals surface area contributed by atoms with Crippen molar-refractivity contribution in [3.63, 3.8) is 0 Å². The van der Waals surface area contributed by atoms with Gasteiger partial charge in [0, 0.05) is 0 Å². The summed E-state index contributed by atoms with van der Waals surface area (Å²) in [6, 6.07) is 15.5. The first-order valence-electron chi connectivity index (χ1n) is 7.00. The van der Waals surface area contributed by atoms with E-state index in [-0.39, 0.29) is 6.04 Å². The number of ether oxygens (including phenoxy) is 1. The molecular formula is C17H16N4O. The van der Waals surface area contributed by atoms with Crippen LogP contribution in [0.2, 0.25) is 0 Å². The van der Waals surface area contributed by atoms with Crippen molar-refractivity contribution in [2.75, 3.05) is 12.4 Å². The number of hydrogen-bond acceptors (Lipinski definition) is 4. The molecule has 0 spiro atoms. The number of nitrogens with zero attached hydrogens (tertiary/aromatic N) is 2. The summed E-state index contributed by atoms with van der Waals surface area (Å²) in [6.07, 6.45) is 0. The van der Waals surface area contributed by atoms with Gasteiger partial charge in [0.25, 0.3) is 0 Å². The van der Waals surface area contributed by atoms with Crippen LogP contribution in [0.25, 0.3) is 11.0 Å². The minimum Gasteiger partial charge on any atom is -0.497 e. The summed E-state index contributed by atoms with van der Waals surface area (Å²) in [4.78, 5) is 7.68. The number of nitrogens with one attached hydrogen (secondary N) is 2. The molecule has 3 rings (SSSR count). The Morgan fingerprint density at radius 2 is 2.00 bits per heavy atom. The molecular weight excluding hydrogens is 276 g/mol. The van der Waals surface area contributed by atoms with E-state index in [2.05, 4.69) is 28.3 Å². The predicted octanol–water partition coefficient (Wildman–Crippen LogP) is 3.62. The highest BCUT2D eigenvalue weighted by atomic mass is 16.5. The topological polar surface area (TPSA) is 73.7 Å². The number of aromatic amines is 1. The molecule has 0 radical (unpaired) electrons. The van der Waals surface area contributed by atoms with Crippen LogP contribution in [-0.2, 0) is 0 Å². The van der Waals surface area contributed by atoms with Crippen molar-refractivity contribution >= 4 is 17.0 Å². The molecule has 0 bridgehead atoms. The Balaban J connectivity index is 1.81. The average molecular weight is 292 g/mol. The standard InChI is InChI=1S/C17H16N4O/c1-11(13-4-6-14(22-2)7-5-13)19-17-20-15-8-3-12(10-18)9-16(15)21-17/h3-9,11H,1-2H3,(H2,19,20,21). The van der Waals surface area contributed by atoms with E-state index in [0.717, 1.165) is 22.3 Å². The summed E-state index contributed by atoms with van der Waals surface area (Å²) < 4.78 is 5.16.